The van der Waals surface area contributed by atoms with Crippen molar-refractivity contribution in [1.82, 2.24) is 4.90 Å². The third-order valence-electron chi connectivity index (χ3n) is 4.58. The number of rotatable bonds is 5. The van der Waals surface area contributed by atoms with Gasteiger partial charge in [-0.25, -0.2) is 9.18 Å². The normalized spacial score (nSPS) is 18.5. The number of benzene rings is 2. The van der Waals surface area contributed by atoms with Gasteiger partial charge >= 0.3 is 12.3 Å². The van der Waals surface area contributed by atoms with Crippen molar-refractivity contribution in [1.29, 1.82) is 0 Å². The molecule has 1 amide bonds. The Kier molecular flexibility index (Phi) is 7.64. The highest BCUT2D eigenvalue weighted by atomic mass is 35.5. The van der Waals surface area contributed by atoms with Gasteiger partial charge in [0.05, 0.1) is 17.7 Å². The van der Waals surface area contributed by atoms with Gasteiger partial charge in [-0.15, -0.1) is 0 Å². The summed E-state index contributed by atoms with van der Waals surface area (Å²) in [7, 11) is 0. The van der Waals surface area contributed by atoms with Crippen molar-refractivity contribution in [2.45, 2.75) is 18.4 Å². The second-order valence-electron chi connectivity index (χ2n) is 6.86. The Morgan fingerprint density at radius 2 is 2.03 bits per heavy atom. The van der Waals surface area contributed by atoms with Gasteiger partial charge in [0.1, 0.15) is 5.82 Å². The number of anilines is 1. The van der Waals surface area contributed by atoms with Crippen LogP contribution in [0.25, 0.3) is 0 Å². The summed E-state index contributed by atoms with van der Waals surface area (Å²) in [4.78, 5) is 13.5. The van der Waals surface area contributed by atoms with Crippen LogP contribution in [0.3, 0.4) is 0 Å². The maximum Gasteiger partial charge on any atom is 0.426 e. The van der Waals surface area contributed by atoms with Crippen LogP contribution in [0.2, 0.25) is 10.0 Å². The van der Waals surface area contributed by atoms with E-state index in [0.717, 1.165) is 17.7 Å². The second-order valence-corrected chi connectivity index (χ2v) is 7.71. The lowest BCUT2D eigenvalue weighted by atomic mass is 10.1. The number of halogens is 6. The van der Waals surface area contributed by atoms with Crippen molar-refractivity contribution in [3.05, 3.63) is 63.9 Å². The molecule has 31 heavy (non-hydrogen) atoms. The average molecular weight is 481 g/mol. The number of nitrogens with one attached hydrogen (secondary N) is 1. The molecule has 0 bridgehead atoms. The van der Waals surface area contributed by atoms with Gasteiger partial charge in [-0.05, 0) is 35.9 Å². The Morgan fingerprint density at radius 1 is 1.26 bits per heavy atom. The minimum atomic E-state index is -4.80. The lowest BCUT2D eigenvalue weighted by Crippen LogP contribution is -2.48. The number of morpholine rings is 1. The summed E-state index contributed by atoms with van der Waals surface area (Å²) in [5.74, 6) is -0.827. The molecule has 1 aliphatic heterocycles. The van der Waals surface area contributed by atoms with E-state index in [2.05, 4.69) is 10.1 Å². The molecule has 3 rings (SSSR count). The fraction of sp³-hybridized carbons (Fsp3) is 0.350. The summed E-state index contributed by atoms with van der Waals surface area (Å²) >= 11 is 11.5. The first-order valence-corrected chi connectivity index (χ1v) is 9.96. The van der Waals surface area contributed by atoms with Crippen molar-refractivity contribution in [3.8, 4) is 0 Å². The van der Waals surface area contributed by atoms with Crippen LogP contribution in [-0.4, -0.2) is 49.5 Å². The topological polar surface area (TPSA) is 50.8 Å². The molecule has 0 aliphatic carbocycles. The van der Waals surface area contributed by atoms with Crippen LogP contribution in [0.4, 0.5) is 28.0 Å². The predicted octanol–water partition coefficient (Wildman–Crippen LogP) is 5.69. The van der Waals surface area contributed by atoms with E-state index < -0.39 is 36.8 Å². The highest BCUT2D eigenvalue weighted by Gasteiger charge is 2.44. The molecule has 0 aromatic heterocycles. The number of hydrogen-bond donors (Lipinski definition) is 1. The first kappa shape index (κ1) is 23.6. The Balaban J connectivity index is 1.64. The van der Waals surface area contributed by atoms with Gasteiger partial charge in [0.15, 0.2) is 0 Å². The summed E-state index contributed by atoms with van der Waals surface area (Å²) in [5.41, 5.74) is 0.657. The third kappa shape index (κ3) is 6.70. The minimum absolute atomic E-state index is 0.0831. The Labute approximate surface area is 185 Å². The number of carbonyl (C=O) groups excluding carboxylic acids is 1. The van der Waals surface area contributed by atoms with Crippen LogP contribution in [0, 0.1) is 5.82 Å². The van der Waals surface area contributed by atoms with Crippen molar-refractivity contribution in [3.63, 3.8) is 0 Å². The molecule has 0 saturated carbocycles. The van der Waals surface area contributed by atoms with E-state index in [9.17, 15) is 22.4 Å². The quantitative estimate of drug-likeness (QED) is 0.558. The summed E-state index contributed by atoms with van der Waals surface area (Å²) in [6.45, 7) is 0.0294. The van der Waals surface area contributed by atoms with Gasteiger partial charge in [0.25, 0.3) is 0 Å². The standard InChI is InChI=1S/C20H18Cl2F4N2O3/c21-13-3-1-2-12(8-13)17-10-28(6-7-30-17)11-18(20(24,25)26)31-19(29)27-14-4-5-15(22)16(23)9-14/h1-5,8-9,17-18H,6-7,10-11H2,(H,27,29)/t17-,18?/m1/s1. The van der Waals surface area contributed by atoms with Gasteiger partial charge in [0.2, 0.25) is 6.10 Å². The third-order valence-corrected chi connectivity index (χ3v) is 5.12. The number of nitrogens with zero attached hydrogens (tertiary/aromatic N) is 1. The SMILES string of the molecule is O=C(Nc1ccc(Cl)c(F)c1)OC(CN1CCO[C@@H](c2cccc(Cl)c2)C1)C(F)(F)F. The highest BCUT2D eigenvalue weighted by molar-refractivity contribution is 6.31. The monoisotopic (exact) mass is 480 g/mol. The molecule has 1 unspecified atom stereocenters. The van der Waals surface area contributed by atoms with Crippen LogP contribution in [0.1, 0.15) is 11.7 Å². The van der Waals surface area contributed by atoms with Crippen molar-refractivity contribution in [2.75, 3.05) is 31.6 Å². The Hall–Kier alpha value is -2.07. The van der Waals surface area contributed by atoms with Gasteiger partial charge < -0.3 is 9.47 Å². The number of ether oxygens (including phenoxy) is 2. The predicted molar refractivity (Wildman–Crippen MR) is 108 cm³/mol. The second kappa shape index (κ2) is 10.0. The van der Waals surface area contributed by atoms with E-state index in [-0.39, 0.29) is 30.4 Å². The zero-order valence-electron chi connectivity index (χ0n) is 16.0. The number of amides is 1. The first-order valence-electron chi connectivity index (χ1n) is 9.20. The maximum atomic E-state index is 13.5. The summed E-state index contributed by atoms with van der Waals surface area (Å²) < 4.78 is 64.2. The van der Waals surface area contributed by atoms with E-state index in [1.165, 1.54) is 11.0 Å². The molecule has 11 heteroatoms. The van der Waals surface area contributed by atoms with Crippen molar-refractivity contribution in [2.24, 2.45) is 0 Å². The molecule has 1 saturated heterocycles. The fourth-order valence-corrected chi connectivity index (χ4v) is 3.39. The van der Waals surface area contributed by atoms with E-state index in [1.54, 1.807) is 24.3 Å². The van der Waals surface area contributed by atoms with Crippen LogP contribution in [0.5, 0.6) is 0 Å². The largest absolute Gasteiger partial charge is 0.435 e. The smallest absolute Gasteiger partial charge is 0.426 e. The molecule has 2 atom stereocenters. The number of alkyl halides is 3. The van der Waals surface area contributed by atoms with E-state index in [4.69, 9.17) is 27.9 Å². The molecule has 0 spiro atoms. The molecular weight excluding hydrogens is 463 g/mol. The van der Waals surface area contributed by atoms with Gasteiger partial charge in [0, 0.05) is 30.3 Å². The van der Waals surface area contributed by atoms with E-state index in [1.807, 2.05) is 0 Å². The Bertz CT molecular complexity index is 930. The zero-order valence-corrected chi connectivity index (χ0v) is 17.5. The minimum Gasteiger partial charge on any atom is -0.435 e. The van der Waals surface area contributed by atoms with Gasteiger partial charge in [-0.3, -0.25) is 10.2 Å². The molecule has 1 N–H and O–H groups in total. The molecule has 168 valence electrons. The lowest BCUT2D eigenvalue weighted by molar-refractivity contribution is -0.209. The molecule has 1 heterocycles. The number of hydrogen-bond acceptors (Lipinski definition) is 4. The van der Waals surface area contributed by atoms with Gasteiger partial charge in [-0.1, -0.05) is 35.3 Å². The fourth-order valence-electron chi connectivity index (χ4n) is 3.07. The average Bonchev–Trinajstić information content (AvgIpc) is 2.70. The molecule has 5 nitrogen and oxygen atoms in total. The summed E-state index contributed by atoms with van der Waals surface area (Å²) in [6, 6.07) is 10.2. The van der Waals surface area contributed by atoms with Gasteiger partial charge in [-0.2, -0.15) is 13.2 Å². The molecule has 2 aromatic rings. The molecular formula is C20H18Cl2F4N2O3. The highest BCUT2D eigenvalue weighted by Crippen LogP contribution is 2.28. The summed E-state index contributed by atoms with van der Waals surface area (Å²) in [6.07, 6.45) is -9.01. The van der Waals surface area contributed by atoms with Crippen LogP contribution in [-0.2, 0) is 9.47 Å². The molecule has 1 aliphatic rings. The number of carbonyl (C=O) groups is 1. The summed E-state index contributed by atoms with van der Waals surface area (Å²) in [5, 5.41) is 2.38. The maximum absolute atomic E-state index is 13.5. The van der Waals surface area contributed by atoms with Crippen LogP contribution >= 0.6 is 23.2 Å². The lowest BCUT2D eigenvalue weighted by Gasteiger charge is -2.35. The van der Waals surface area contributed by atoms with Crippen LogP contribution in [0.15, 0.2) is 42.5 Å². The Morgan fingerprint density at radius 3 is 2.71 bits per heavy atom. The van der Waals surface area contributed by atoms with E-state index >= 15 is 0 Å². The van der Waals surface area contributed by atoms with Crippen molar-refractivity contribution < 1.29 is 31.8 Å². The van der Waals surface area contributed by atoms with Crippen molar-refractivity contribution >= 4 is 35.0 Å². The van der Waals surface area contributed by atoms with E-state index in [0.29, 0.717) is 5.02 Å². The van der Waals surface area contributed by atoms with Crippen LogP contribution < -0.4 is 5.32 Å². The zero-order chi connectivity index (χ0) is 22.6. The molecule has 2 aromatic carbocycles. The molecule has 1 fully saturated rings. The first-order chi connectivity index (χ1) is 14.6. The molecule has 0 radical (unpaired) electrons.